The molecular weight excluding hydrogens is 247 g/mol. The maximum Gasteiger partial charge on any atom is 0.250 e. The van der Waals surface area contributed by atoms with E-state index in [-0.39, 0.29) is 16.6 Å². The molecule has 0 saturated heterocycles. The fraction of sp³-hybridized carbons (Fsp3) is 0.500. The zero-order chi connectivity index (χ0) is 14.1. The molecule has 0 fully saturated rings. The van der Waals surface area contributed by atoms with Gasteiger partial charge in [0.1, 0.15) is 5.75 Å². The van der Waals surface area contributed by atoms with E-state index in [1.54, 1.807) is 0 Å². The van der Waals surface area contributed by atoms with Crippen molar-refractivity contribution in [3.05, 3.63) is 29.6 Å². The second-order valence-corrected chi connectivity index (χ2v) is 10.8. The summed E-state index contributed by atoms with van der Waals surface area (Å²) in [4.78, 5) is 11.3. The Morgan fingerprint density at radius 2 is 1.83 bits per heavy atom. The quantitative estimate of drug-likeness (QED) is 0.599. The Morgan fingerprint density at radius 1 is 1.28 bits per heavy atom. The van der Waals surface area contributed by atoms with E-state index in [2.05, 4.69) is 20.8 Å². The third kappa shape index (κ3) is 3.19. The first-order valence-electron chi connectivity index (χ1n) is 6.04. The molecule has 0 unspecified atom stereocenters. The van der Waals surface area contributed by atoms with Gasteiger partial charge in [-0.15, -0.1) is 0 Å². The lowest BCUT2D eigenvalue weighted by Gasteiger charge is -2.36. The molecule has 4 heteroatoms. The monoisotopic (exact) mass is 268 g/mol. The van der Waals surface area contributed by atoms with Crippen LogP contribution in [0, 0.1) is 5.82 Å². The minimum Gasteiger partial charge on any atom is -0.542 e. The zero-order valence-electron chi connectivity index (χ0n) is 11.9. The molecule has 1 aromatic carbocycles. The Balaban J connectivity index is 3.11. The lowest BCUT2D eigenvalue weighted by Crippen LogP contribution is -2.44. The van der Waals surface area contributed by atoms with Gasteiger partial charge in [-0.2, -0.15) is 0 Å². The number of hydrogen-bond donors (Lipinski definition) is 0. The molecule has 1 rings (SSSR count). The number of Topliss-reactive ketones (excluding diaryl/α,β-unsaturated/α-hetero) is 1. The SMILES string of the molecule is CC(=O)c1ccc(F)c(O[Si](C)(C)C(C)(C)C)c1. The second kappa shape index (κ2) is 4.84. The third-order valence-electron chi connectivity index (χ3n) is 3.51. The van der Waals surface area contributed by atoms with Gasteiger partial charge in [-0.1, -0.05) is 20.8 Å². The highest BCUT2D eigenvalue weighted by molar-refractivity contribution is 6.74. The molecule has 0 aliphatic carbocycles. The van der Waals surface area contributed by atoms with Crippen LogP contribution in [-0.2, 0) is 0 Å². The van der Waals surface area contributed by atoms with E-state index in [1.165, 1.54) is 25.1 Å². The summed E-state index contributed by atoms with van der Waals surface area (Å²) in [5, 5.41) is -0.00827. The standard InChI is InChI=1S/C14H21FO2Si/c1-10(16)11-7-8-12(15)13(9-11)17-18(5,6)14(2,3)4/h7-9H,1-6H3. The van der Waals surface area contributed by atoms with Crippen molar-refractivity contribution in [3.8, 4) is 5.75 Å². The van der Waals surface area contributed by atoms with Crippen molar-refractivity contribution in [1.29, 1.82) is 0 Å². The van der Waals surface area contributed by atoms with Gasteiger partial charge in [0, 0.05) is 5.56 Å². The minimum absolute atomic E-state index is 0.00827. The van der Waals surface area contributed by atoms with Crippen LogP contribution in [0.3, 0.4) is 0 Å². The first-order valence-corrected chi connectivity index (χ1v) is 8.95. The van der Waals surface area contributed by atoms with E-state index in [0.717, 1.165) is 0 Å². The van der Waals surface area contributed by atoms with E-state index < -0.39 is 14.1 Å². The Labute approximate surface area is 109 Å². The maximum absolute atomic E-state index is 13.7. The molecule has 0 heterocycles. The average molecular weight is 268 g/mol. The molecule has 18 heavy (non-hydrogen) atoms. The highest BCUT2D eigenvalue weighted by atomic mass is 28.4. The fourth-order valence-corrected chi connectivity index (χ4v) is 2.24. The van der Waals surface area contributed by atoms with Crippen LogP contribution >= 0.6 is 0 Å². The predicted molar refractivity (Wildman–Crippen MR) is 74.2 cm³/mol. The van der Waals surface area contributed by atoms with Gasteiger partial charge in [-0.05, 0) is 43.3 Å². The van der Waals surface area contributed by atoms with Crippen LogP contribution in [0.1, 0.15) is 38.1 Å². The molecule has 0 N–H and O–H groups in total. The number of halogens is 1. The largest absolute Gasteiger partial charge is 0.542 e. The van der Waals surface area contributed by atoms with E-state index in [9.17, 15) is 9.18 Å². The Hall–Kier alpha value is -1.16. The summed E-state index contributed by atoms with van der Waals surface area (Å²) < 4.78 is 19.6. The van der Waals surface area contributed by atoms with Gasteiger partial charge in [-0.3, -0.25) is 4.79 Å². The van der Waals surface area contributed by atoms with Crippen LogP contribution < -0.4 is 4.43 Å². The van der Waals surface area contributed by atoms with Gasteiger partial charge < -0.3 is 4.43 Å². The summed E-state index contributed by atoms with van der Waals surface area (Å²) in [5.41, 5.74) is 0.477. The smallest absolute Gasteiger partial charge is 0.250 e. The molecule has 0 aliphatic rings. The Morgan fingerprint density at radius 3 is 2.28 bits per heavy atom. The van der Waals surface area contributed by atoms with Crippen molar-refractivity contribution < 1.29 is 13.6 Å². The average Bonchev–Trinajstić information content (AvgIpc) is 2.18. The van der Waals surface area contributed by atoms with Crippen molar-refractivity contribution in [1.82, 2.24) is 0 Å². The number of hydrogen-bond acceptors (Lipinski definition) is 2. The van der Waals surface area contributed by atoms with Crippen LogP contribution in [0.15, 0.2) is 18.2 Å². The normalized spacial score (nSPS) is 12.4. The molecule has 0 bridgehead atoms. The van der Waals surface area contributed by atoms with Gasteiger partial charge in [0.05, 0.1) is 0 Å². The highest BCUT2D eigenvalue weighted by Crippen LogP contribution is 2.38. The number of rotatable bonds is 3. The molecule has 0 amide bonds. The van der Waals surface area contributed by atoms with Crippen LogP contribution in [0.5, 0.6) is 5.75 Å². The van der Waals surface area contributed by atoms with E-state index in [0.29, 0.717) is 5.56 Å². The first-order chi connectivity index (χ1) is 8.04. The molecule has 1 aromatic rings. The molecule has 0 aromatic heterocycles. The lowest BCUT2D eigenvalue weighted by atomic mass is 10.1. The summed E-state index contributed by atoms with van der Waals surface area (Å²) in [6, 6.07) is 4.27. The molecule has 0 saturated carbocycles. The highest BCUT2D eigenvalue weighted by Gasteiger charge is 2.39. The molecule has 100 valence electrons. The summed E-state index contributed by atoms with van der Waals surface area (Å²) in [5.74, 6) is -0.311. The zero-order valence-corrected chi connectivity index (χ0v) is 12.9. The second-order valence-electron chi connectivity index (χ2n) is 6.06. The molecule has 0 radical (unpaired) electrons. The topological polar surface area (TPSA) is 26.3 Å². The van der Waals surface area contributed by atoms with Gasteiger partial charge in [0.15, 0.2) is 11.6 Å². The molecular formula is C14H21FO2Si. The number of carbonyl (C=O) groups excluding carboxylic acids is 1. The predicted octanol–water partition coefficient (Wildman–Crippen LogP) is 4.41. The summed E-state index contributed by atoms with van der Waals surface area (Å²) in [6.45, 7) is 11.8. The summed E-state index contributed by atoms with van der Waals surface area (Å²) in [6.07, 6.45) is 0. The van der Waals surface area contributed by atoms with Crippen molar-refractivity contribution in [2.75, 3.05) is 0 Å². The Kier molecular flexibility index (Phi) is 4.01. The first kappa shape index (κ1) is 14.9. The number of benzene rings is 1. The van der Waals surface area contributed by atoms with Gasteiger partial charge >= 0.3 is 0 Å². The summed E-state index contributed by atoms with van der Waals surface area (Å²) in [7, 11) is -2.09. The number of ketones is 1. The van der Waals surface area contributed by atoms with Gasteiger partial charge in [0.25, 0.3) is 8.32 Å². The summed E-state index contributed by atoms with van der Waals surface area (Å²) >= 11 is 0. The van der Waals surface area contributed by atoms with Gasteiger partial charge in [0.2, 0.25) is 0 Å². The fourth-order valence-electron chi connectivity index (χ4n) is 1.23. The third-order valence-corrected chi connectivity index (χ3v) is 7.85. The Bertz CT molecular complexity index is 461. The van der Waals surface area contributed by atoms with Crippen molar-refractivity contribution >= 4 is 14.1 Å². The molecule has 0 aliphatic heterocycles. The maximum atomic E-state index is 13.7. The molecule has 2 nitrogen and oxygen atoms in total. The minimum atomic E-state index is -2.09. The van der Waals surface area contributed by atoms with Crippen molar-refractivity contribution in [3.63, 3.8) is 0 Å². The van der Waals surface area contributed by atoms with Crippen LogP contribution in [0.4, 0.5) is 4.39 Å². The van der Waals surface area contributed by atoms with E-state index in [1.807, 2.05) is 13.1 Å². The molecule has 0 atom stereocenters. The van der Waals surface area contributed by atoms with Crippen molar-refractivity contribution in [2.45, 2.75) is 45.8 Å². The van der Waals surface area contributed by atoms with Crippen molar-refractivity contribution in [2.24, 2.45) is 0 Å². The lowest BCUT2D eigenvalue weighted by molar-refractivity contribution is 0.101. The van der Waals surface area contributed by atoms with Crippen LogP contribution in [0.25, 0.3) is 0 Å². The van der Waals surface area contributed by atoms with Gasteiger partial charge in [-0.25, -0.2) is 4.39 Å². The number of carbonyl (C=O) groups is 1. The van der Waals surface area contributed by atoms with Crippen LogP contribution in [0.2, 0.25) is 18.1 Å². The van der Waals surface area contributed by atoms with E-state index >= 15 is 0 Å². The molecule has 0 spiro atoms. The van der Waals surface area contributed by atoms with E-state index in [4.69, 9.17) is 4.43 Å². The van der Waals surface area contributed by atoms with Crippen LogP contribution in [-0.4, -0.2) is 14.1 Å².